The SMILES string of the molecule is CCOC(=O)C(CCN(CC)CC)NC1=C(C(=O)OC)CCC1. The number of carbonyl (C=O) groups excluding carboxylic acids is 2. The zero-order valence-corrected chi connectivity index (χ0v) is 14.8. The second-order valence-corrected chi connectivity index (χ2v) is 5.57. The lowest BCUT2D eigenvalue weighted by Crippen LogP contribution is -2.41. The van der Waals surface area contributed by atoms with Gasteiger partial charge in [0.1, 0.15) is 6.04 Å². The predicted octanol–water partition coefficient (Wildman–Crippen LogP) is 1.85. The van der Waals surface area contributed by atoms with Crippen LogP contribution in [0.5, 0.6) is 0 Å². The molecule has 0 aromatic rings. The standard InChI is InChI=1S/C17H30N2O4/c1-5-19(6-2)12-11-15(17(21)23-7-3)18-14-10-8-9-13(14)16(20)22-4/h15,18H,5-12H2,1-4H3. The Morgan fingerprint density at radius 2 is 1.91 bits per heavy atom. The van der Waals surface area contributed by atoms with Gasteiger partial charge in [-0.25, -0.2) is 9.59 Å². The number of nitrogens with one attached hydrogen (secondary N) is 1. The first-order valence-electron chi connectivity index (χ1n) is 8.53. The fourth-order valence-corrected chi connectivity index (χ4v) is 2.81. The summed E-state index contributed by atoms with van der Waals surface area (Å²) in [5.41, 5.74) is 1.49. The summed E-state index contributed by atoms with van der Waals surface area (Å²) in [6.07, 6.45) is 3.02. The Hall–Kier alpha value is -1.56. The Balaban J connectivity index is 2.79. The number of carbonyl (C=O) groups is 2. The van der Waals surface area contributed by atoms with Crippen molar-refractivity contribution in [3.05, 3.63) is 11.3 Å². The van der Waals surface area contributed by atoms with Crippen LogP contribution in [0.4, 0.5) is 0 Å². The average molecular weight is 326 g/mol. The number of methoxy groups -OCH3 is 1. The van der Waals surface area contributed by atoms with E-state index in [0.29, 0.717) is 25.0 Å². The molecule has 0 fully saturated rings. The monoisotopic (exact) mass is 326 g/mol. The fraction of sp³-hybridized carbons (Fsp3) is 0.765. The van der Waals surface area contributed by atoms with E-state index < -0.39 is 6.04 Å². The highest BCUT2D eigenvalue weighted by Gasteiger charge is 2.27. The molecule has 6 heteroatoms. The van der Waals surface area contributed by atoms with Gasteiger partial charge in [0.25, 0.3) is 0 Å². The summed E-state index contributed by atoms with van der Waals surface area (Å²) in [6, 6.07) is -0.427. The zero-order valence-electron chi connectivity index (χ0n) is 14.8. The van der Waals surface area contributed by atoms with E-state index in [-0.39, 0.29) is 11.9 Å². The number of hydrogen-bond donors (Lipinski definition) is 1. The Labute approximate surface area is 139 Å². The van der Waals surface area contributed by atoms with Crippen molar-refractivity contribution in [3.8, 4) is 0 Å². The second kappa shape index (κ2) is 10.3. The summed E-state index contributed by atoms with van der Waals surface area (Å²) in [4.78, 5) is 26.3. The van der Waals surface area contributed by atoms with Gasteiger partial charge in [-0.15, -0.1) is 0 Å². The van der Waals surface area contributed by atoms with Gasteiger partial charge in [-0.1, -0.05) is 13.8 Å². The predicted molar refractivity (Wildman–Crippen MR) is 88.9 cm³/mol. The van der Waals surface area contributed by atoms with Crippen LogP contribution >= 0.6 is 0 Å². The van der Waals surface area contributed by atoms with Crippen molar-refractivity contribution in [2.45, 2.75) is 52.5 Å². The van der Waals surface area contributed by atoms with Crippen LogP contribution in [0.3, 0.4) is 0 Å². The minimum absolute atomic E-state index is 0.261. The van der Waals surface area contributed by atoms with Gasteiger partial charge in [0, 0.05) is 12.2 Å². The van der Waals surface area contributed by atoms with Crippen molar-refractivity contribution in [2.75, 3.05) is 33.4 Å². The van der Waals surface area contributed by atoms with Crippen LogP contribution in [0.25, 0.3) is 0 Å². The van der Waals surface area contributed by atoms with Gasteiger partial charge in [0.05, 0.1) is 19.3 Å². The zero-order chi connectivity index (χ0) is 17.2. The van der Waals surface area contributed by atoms with Gasteiger partial charge in [-0.3, -0.25) is 0 Å². The number of ether oxygens (including phenoxy) is 2. The van der Waals surface area contributed by atoms with Crippen molar-refractivity contribution in [1.82, 2.24) is 10.2 Å². The molecule has 0 heterocycles. The van der Waals surface area contributed by atoms with Crippen LogP contribution in [0.2, 0.25) is 0 Å². The van der Waals surface area contributed by atoms with Gasteiger partial charge in [-0.05, 0) is 45.7 Å². The summed E-state index contributed by atoms with van der Waals surface area (Å²) in [7, 11) is 1.38. The largest absolute Gasteiger partial charge is 0.466 e. The molecule has 1 N–H and O–H groups in total. The highest BCUT2D eigenvalue weighted by molar-refractivity contribution is 5.90. The van der Waals surface area contributed by atoms with Gasteiger partial charge in [0.2, 0.25) is 0 Å². The summed E-state index contributed by atoms with van der Waals surface area (Å²) >= 11 is 0. The maximum atomic E-state index is 12.2. The third-order valence-corrected chi connectivity index (χ3v) is 4.20. The summed E-state index contributed by atoms with van der Waals surface area (Å²) in [5.74, 6) is -0.570. The van der Waals surface area contributed by atoms with Crippen molar-refractivity contribution >= 4 is 11.9 Å². The normalized spacial score (nSPS) is 15.7. The van der Waals surface area contributed by atoms with Crippen molar-refractivity contribution in [1.29, 1.82) is 0 Å². The third kappa shape index (κ3) is 5.86. The van der Waals surface area contributed by atoms with Gasteiger partial charge < -0.3 is 19.7 Å². The Bertz CT molecular complexity index is 430. The first-order chi connectivity index (χ1) is 11.1. The van der Waals surface area contributed by atoms with E-state index in [1.807, 2.05) is 0 Å². The Morgan fingerprint density at radius 1 is 1.22 bits per heavy atom. The summed E-state index contributed by atoms with van der Waals surface area (Å²) in [6.45, 7) is 9.06. The van der Waals surface area contributed by atoms with Crippen LogP contribution in [0.1, 0.15) is 46.5 Å². The highest BCUT2D eigenvalue weighted by atomic mass is 16.5. The molecule has 0 bridgehead atoms. The lowest BCUT2D eigenvalue weighted by Gasteiger charge is -2.24. The van der Waals surface area contributed by atoms with Crippen molar-refractivity contribution in [2.24, 2.45) is 0 Å². The van der Waals surface area contributed by atoms with Crippen LogP contribution in [-0.4, -0.2) is 56.2 Å². The molecule has 0 amide bonds. The lowest BCUT2D eigenvalue weighted by molar-refractivity contribution is -0.145. The number of nitrogens with zero attached hydrogens (tertiary/aromatic N) is 1. The van der Waals surface area contributed by atoms with Gasteiger partial charge in [-0.2, -0.15) is 0 Å². The van der Waals surface area contributed by atoms with Crippen LogP contribution in [-0.2, 0) is 19.1 Å². The maximum Gasteiger partial charge on any atom is 0.335 e. The molecule has 1 unspecified atom stereocenters. The Kier molecular flexibility index (Phi) is 8.69. The topological polar surface area (TPSA) is 67.9 Å². The second-order valence-electron chi connectivity index (χ2n) is 5.57. The molecule has 23 heavy (non-hydrogen) atoms. The quantitative estimate of drug-likeness (QED) is 0.618. The number of esters is 2. The molecule has 0 spiro atoms. The summed E-state index contributed by atoms with van der Waals surface area (Å²) in [5, 5.41) is 3.25. The van der Waals surface area contributed by atoms with Crippen molar-refractivity contribution in [3.63, 3.8) is 0 Å². The number of hydrogen-bond acceptors (Lipinski definition) is 6. The minimum Gasteiger partial charge on any atom is -0.466 e. The molecule has 1 rings (SSSR count). The average Bonchev–Trinajstić information content (AvgIpc) is 3.02. The van der Waals surface area contributed by atoms with E-state index in [4.69, 9.17) is 9.47 Å². The molecular weight excluding hydrogens is 296 g/mol. The van der Waals surface area contributed by atoms with Gasteiger partial charge in [0.15, 0.2) is 0 Å². The molecule has 0 saturated carbocycles. The van der Waals surface area contributed by atoms with E-state index in [2.05, 4.69) is 24.1 Å². The first-order valence-corrected chi connectivity index (χ1v) is 8.53. The molecule has 0 aromatic heterocycles. The molecule has 0 saturated heterocycles. The molecule has 0 aliphatic heterocycles. The smallest absolute Gasteiger partial charge is 0.335 e. The Morgan fingerprint density at radius 3 is 2.48 bits per heavy atom. The first kappa shape index (κ1) is 19.5. The molecule has 1 atom stereocenters. The van der Waals surface area contributed by atoms with E-state index in [1.165, 1.54) is 7.11 Å². The number of rotatable bonds is 10. The molecule has 0 radical (unpaired) electrons. The maximum absolute atomic E-state index is 12.2. The number of allylic oxidation sites excluding steroid dienone is 1. The molecule has 1 aliphatic carbocycles. The van der Waals surface area contributed by atoms with Crippen molar-refractivity contribution < 1.29 is 19.1 Å². The molecule has 1 aliphatic rings. The fourth-order valence-electron chi connectivity index (χ4n) is 2.81. The molecule has 0 aromatic carbocycles. The van der Waals surface area contributed by atoms with Crippen LogP contribution < -0.4 is 5.32 Å². The minimum atomic E-state index is -0.427. The van der Waals surface area contributed by atoms with E-state index in [9.17, 15) is 9.59 Å². The highest BCUT2D eigenvalue weighted by Crippen LogP contribution is 2.25. The van der Waals surface area contributed by atoms with E-state index in [1.54, 1.807) is 6.92 Å². The van der Waals surface area contributed by atoms with Crippen LogP contribution in [0.15, 0.2) is 11.3 Å². The lowest BCUT2D eigenvalue weighted by atomic mass is 10.1. The summed E-state index contributed by atoms with van der Waals surface area (Å²) < 4.78 is 10.0. The van der Waals surface area contributed by atoms with Gasteiger partial charge >= 0.3 is 11.9 Å². The molecular formula is C17H30N2O4. The molecule has 6 nitrogen and oxygen atoms in total. The van der Waals surface area contributed by atoms with Crippen LogP contribution in [0, 0.1) is 0 Å². The van der Waals surface area contributed by atoms with E-state index in [0.717, 1.165) is 38.2 Å². The third-order valence-electron chi connectivity index (χ3n) is 4.20. The van der Waals surface area contributed by atoms with E-state index >= 15 is 0 Å². The molecule has 132 valence electrons.